The number of likely N-dealkylation sites (tertiary alicyclic amines) is 2. The van der Waals surface area contributed by atoms with E-state index in [2.05, 4.69) is 56.9 Å². The molecule has 4 heteroatoms. The highest BCUT2D eigenvalue weighted by atomic mass is 15.4. The highest BCUT2D eigenvalue weighted by Gasteiger charge is 2.56. The molecule has 3 heterocycles. The maximum atomic E-state index is 4.31. The molecule has 0 spiro atoms. The Hall–Kier alpha value is -1.94. The van der Waals surface area contributed by atoms with Crippen molar-refractivity contribution in [1.82, 2.24) is 20.4 Å². The second-order valence-corrected chi connectivity index (χ2v) is 17.8. The second kappa shape index (κ2) is 12.4. The fourth-order valence-corrected chi connectivity index (χ4v) is 13.5. The molecule has 254 valence electrons. The minimum absolute atomic E-state index is 0.396. The van der Waals surface area contributed by atoms with Crippen LogP contribution in [-0.4, -0.2) is 46.2 Å². The Morgan fingerprint density at radius 1 is 0.660 bits per heavy atom. The number of nitrogens with zero attached hydrogens (tertiary/aromatic N) is 2. The lowest BCUT2D eigenvalue weighted by atomic mass is 9.76. The molecule has 7 aliphatic carbocycles. The van der Waals surface area contributed by atoms with Gasteiger partial charge in [0.1, 0.15) is 6.17 Å². The fraction of sp³-hybridized carbons (Fsp3) is 0.767. The molecule has 4 nitrogen and oxygen atoms in total. The molecule has 3 aliphatic heterocycles. The van der Waals surface area contributed by atoms with Gasteiger partial charge in [-0.05, 0) is 138 Å². The summed E-state index contributed by atoms with van der Waals surface area (Å²) in [6, 6.07) is 3.78. The molecule has 5 fully saturated rings. The quantitative estimate of drug-likeness (QED) is 0.302. The molecule has 11 atom stereocenters. The third-order valence-corrected chi connectivity index (χ3v) is 15.5. The minimum Gasteiger partial charge on any atom is -0.380 e. The van der Waals surface area contributed by atoms with E-state index in [1.165, 1.54) is 135 Å². The van der Waals surface area contributed by atoms with E-state index in [9.17, 15) is 0 Å². The largest absolute Gasteiger partial charge is 0.380 e. The van der Waals surface area contributed by atoms with Crippen molar-refractivity contribution in [2.75, 3.05) is 0 Å². The summed E-state index contributed by atoms with van der Waals surface area (Å²) in [5.74, 6) is 4.85. The van der Waals surface area contributed by atoms with Crippen LogP contribution in [-0.2, 0) is 0 Å². The number of fused-ring (bicyclic) bond motifs is 6. The molecule has 10 rings (SSSR count). The van der Waals surface area contributed by atoms with Crippen LogP contribution in [0.5, 0.6) is 0 Å². The van der Waals surface area contributed by atoms with Crippen molar-refractivity contribution in [2.45, 2.75) is 171 Å². The van der Waals surface area contributed by atoms with Gasteiger partial charge < -0.3 is 15.5 Å². The monoisotopic (exact) mass is 634 g/mol. The Morgan fingerprint density at radius 2 is 1.49 bits per heavy atom. The predicted octanol–water partition coefficient (Wildman–Crippen LogP) is 9.10. The summed E-state index contributed by atoms with van der Waals surface area (Å²) in [7, 11) is 0. The molecular weight excluding hydrogens is 573 g/mol. The Balaban J connectivity index is 0.937. The van der Waals surface area contributed by atoms with Crippen molar-refractivity contribution in [1.29, 1.82) is 0 Å². The van der Waals surface area contributed by atoms with E-state index in [-0.39, 0.29) is 0 Å². The van der Waals surface area contributed by atoms with Gasteiger partial charge in [-0.25, -0.2) is 0 Å². The maximum absolute atomic E-state index is 4.31. The number of hydrogen-bond donors (Lipinski definition) is 2. The van der Waals surface area contributed by atoms with Crippen molar-refractivity contribution in [3.05, 3.63) is 59.1 Å². The van der Waals surface area contributed by atoms with E-state index in [1.807, 2.05) is 0 Å². The van der Waals surface area contributed by atoms with E-state index in [4.69, 9.17) is 0 Å². The zero-order chi connectivity index (χ0) is 30.9. The fourth-order valence-electron chi connectivity index (χ4n) is 13.5. The van der Waals surface area contributed by atoms with Gasteiger partial charge in [0.2, 0.25) is 0 Å². The van der Waals surface area contributed by atoms with Crippen LogP contribution in [0.4, 0.5) is 0 Å². The first kappa shape index (κ1) is 29.9. The van der Waals surface area contributed by atoms with Gasteiger partial charge in [-0.2, -0.15) is 0 Å². The summed E-state index contributed by atoms with van der Waals surface area (Å²) < 4.78 is 0. The first-order chi connectivity index (χ1) is 23.3. The molecule has 0 aromatic heterocycles. The third kappa shape index (κ3) is 5.06. The summed E-state index contributed by atoms with van der Waals surface area (Å²) in [6.45, 7) is 0. The van der Waals surface area contributed by atoms with Crippen LogP contribution >= 0.6 is 0 Å². The van der Waals surface area contributed by atoms with E-state index < -0.39 is 0 Å². The van der Waals surface area contributed by atoms with Gasteiger partial charge in [-0.3, -0.25) is 4.90 Å². The van der Waals surface area contributed by atoms with Gasteiger partial charge in [0, 0.05) is 47.2 Å². The lowest BCUT2D eigenvalue weighted by molar-refractivity contribution is 0.0802. The lowest BCUT2D eigenvalue weighted by Gasteiger charge is -2.50. The van der Waals surface area contributed by atoms with E-state index in [0.29, 0.717) is 18.2 Å². The van der Waals surface area contributed by atoms with Crippen molar-refractivity contribution < 1.29 is 0 Å². The molecule has 2 N–H and O–H groups in total. The number of nitrogens with one attached hydrogen (secondary N) is 2. The van der Waals surface area contributed by atoms with Crippen LogP contribution in [0.1, 0.15) is 135 Å². The van der Waals surface area contributed by atoms with Crippen LogP contribution in [0.3, 0.4) is 0 Å². The average molecular weight is 635 g/mol. The Labute approximate surface area is 285 Å². The molecule has 0 aromatic rings. The molecule has 10 aliphatic rings. The molecule has 0 radical (unpaired) electrons. The summed E-state index contributed by atoms with van der Waals surface area (Å²) in [6.07, 6.45) is 45.2. The van der Waals surface area contributed by atoms with E-state index in [0.717, 1.165) is 53.6 Å². The Morgan fingerprint density at radius 3 is 2.36 bits per heavy atom. The van der Waals surface area contributed by atoms with Crippen molar-refractivity contribution in [3.63, 3.8) is 0 Å². The van der Waals surface area contributed by atoms with Gasteiger partial charge >= 0.3 is 0 Å². The third-order valence-electron chi connectivity index (χ3n) is 15.5. The average Bonchev–Trinajstić information content (AvgIpc) is 3.80. The highest BCUT2D eigenvalue weighted by Crippen LogP contribution is 2.56. The maximum Gasteiger partial charge on any atom is 0.120 e. The Kier molecular flexibility index (Phi) is 7.92. The summed E-state index contributed by atoms with van der Waals surface area (Å²) >= 11 is 0. The summed E-state index contributed by atoms with van der Waals surface area (Å²) in [4.78, 5) is 6.19. The zero-order valence-electron chi connectivity index (χ0n) is 29.1. The first-order valence-corrected chi connectivity index (χ1v) is 20.9. The number of allylic oxidation sites excluding steroid dienone is 8. The van der Waals surface area contributed by atoms with Gasteiger partial charge in [-0.1, -0.05) is 68.6 Å². The molecule has 10 unspecified atom stereocenters. The van der Waals surface area contributed by atoms with Gasteiger partial charge in [-0.15, -0.1) is 0 Å². The highest BCUT2D eigenvalue weighted by molar-refractivity contribution is 5.44. The zero-order valence-corrected chi connectivity index (χ0v) is 29.1. The molecule has 2 saturated heterocycles. The number of rotatable bonds is 4. The first-order valence-electron chi connectivity index (χ1n) is 20.9. The van der Waals surface area contributed by atoms with Crippen molar-refractivity contribution in [2.24, 2.45) is 35.5 Å². The molecule has 0 aromatic carbocycles. The topological polar surface area (TPSA) is 30.5 Å². The van der Waals surface area contributed by atoms with Gasteiger partial charge in [0.15, 0.2) is 0 Å². The minimum atomic E-state index is 0.396. The van der Waals surface area contributed by atoms with Gasteiger partial charge in [0.05, 0.1) is 6.04 Å². The molecular formula is C43H62N4. The van der Waals surface area contributed by atoms with Gasteiger partial charge in [0.25, 0.3) is 0 Å². The SMILES string of the molecule is C1=CCC(C2NC3=C(CCCC3)NC2N2C3=CCC(C4CC5C6C=CCCC6N(C6CCCCC6)C5C4)C=C3[C@H]3CCCCC32)CC1. The van der Waals surface area contributed by atoms with E-state index >= 15 is 0 Å². The smallest absolute Gasteiger partial charge is 0.120 e. The Bertz CT molecular complexity index is 1350. The molecule has 47 heavy (non-hydrogen) atoms. The standard InChI is InChI=1S/C43H62N4/c1-3-13-28(14-4-1)42-43(45-37-20-10-9-19-36(37)44-42)47-39-22-12-8-17-32(39)34-25-29(23-24-40(34)47)30-26-35-33-18-7-11-21-38(33)46(41(35)27-30)31-15-5-2-6-16-31/h1,3,7,18,24-25,28-33,35,38-39,41-45H,2,4-6,8-17,19-23,26-27H2/t28?,29?,30?,32-,33?,35?,38?,39?,41?,42?,43?/m1/s1. The normalized spacial score (nSPS) is 44.9. The lowest BCUT2D eigenvalue weighted by Crippen LogP contribution is -2.64. The van der Waals surface area contributed by atoms with Crippen LogP contribution in [0, 0.1) is 35.5 Å². The number of hydrogen-bond acceptors (Lipinski definition) is 4. The predicted molar refractivity (Wildman–Crippen MR) is 192 cm³/mol. The van der Waals surface area contributed by atoms with Crippen molar-refractivity contribution >= 4 is 0 Å². The van der Waals surface area contributed by atoms with Crippen LogP contribution < -0.4 is 10.6 Å². The van der Waals surface area contributed by atoms with Crippen LogP contribution in [0.25, 0.3) is 0 Å². The molecule has 0 amide bonds. The summed E-state index contributed by atoms with van der Waals surface area (Å²) in [5, 5.41) is 8.56. The summed E-state index contributed by atoms with van der Waals surface area (Å²) in [5.41, 5.74) is 6.56. The second-order valence-electron chi connectivity index (χ2n) is 17.8. The van der Waals surface area contributed by atoms with Crippen LogP contribution in [0.15, 0.2) is 59.1 Å². The van der Waals surface area contributed by atoms with Crippen molar-refractivity contribution in [3.8, 4) is 0 Å². The molecule has 3 saturated carbocycles. The molecule has 0 bridgehead atoms. The van der Waals surface area contributed by atoms with Crippen LogP contribution in [0.2, 0.25) is 0 Å². The van der Waals surface area contributed by atoms with E-state index in [1.54, 1.807) is 22.7 Å².